The Morgan fingerprint density at radius 3 is 2.26 bits per heavy atom. The summed E-state index contributed by atoms with van der Waals surface area (Å²) in [4.78, 5) is 72.3. The van der Waals surface area contributed by atoms with Crippen LogP contribution in [0, 0.1) is 29.1 Å². The quantitative estimate of drug-likeness (QED) is 0.368. The normalized spacial score (nSPS) is 34.4. The van der Waals surface area contributed by atoms with Crippen molar-refractivity contribution < 1.29 is 33.8 Å². The largest absolute Gasteiger partial charge is 0.460 e. The van der Waals surface area contributed by atoms with Gasteiger partial charge in [-0.05, 0) is 50.4 Å². The highest BCUT2D eigenvalue weighted by Gasteiger charge is 2.38. The van der Waals surface area contributed by atoms with Gasteiger partial charge in [-0.3, -0.25) is 24.2 Å². The highest BCUT2D eigenvalue weighted by atomic mass is 32.2. The highest BCUT2D eigenvalue weighted by molar-refractivity contribution is 8.14. The van der Waals surface area contributed by atoms with Crippen LogP contribution in [-0.4, -0.2) is 93.7 Å². The van der Waals surface area contributed by atoms with Crippen molar-refractivity contribution in [2.45, 2.75) is 144 Å². The molecule has 0 fully saturated rings. The number of ether oxygens (including phenoxy) is 1. The number of rotatable bonds is 2. The molecule has 0 aromatic carbocycles. The summed E-state index contributed by atoms with van der Waals surface area (Å²) >= 11 is 1.61. The van der Waals surface area contributed by atoms with Crippen molar-refractivity contribution in [3.8, 4) is 0 Å². The first-order valence-electron chi connectivity index (χ1n) is 17.2. The lowest BCUT2D eigenvalue weighted by molar-refractivity contribution is -0.164. The van der Waals surface area contributed by atoms with Crippen molar-refractivity contribution in [1.82, 2.24) is 15.5 Å². The second-order valence-electron chi connectivity index (χ2n) is 15.1. The number of nitrogens with zero attached hydrogens (tertiary/aromatic N) is 2. The SMILES string of the molecule is CC[C@H](C)[C@@H]1NC(=O)[C@H](C)NC(=O)[C@H](C)CC(=O)CC[C@@H]2CSC(=N2)[C@@H](C)[C@@H](O)C[C@H](C)C[C@@H](C(C)(C)C)OC(=O)[C@H](C)N(C)C1=O. The van der Waals surface area contributed by atoms with E-state index < -0.39 is 65.4 Å². The highest BCUT2D eigenvalue weighted by Crippen LogP contribution is 2.33. The van der Waals surface area contributed by atoms with Crippen LogP contribution in [0.5, 0.6) is 0 Å². The minimum Gasteiger partial charge on any atom is -0.460 e. The Morgan fingerprint density at radius 2 is 1.66 bits per heavy atom. The van der Waals surface area contributed by atoms with Crippen molar-refractivity contribution in [1.29, 1.82) is 0 Å². The number of likely N-dealkylation sites (N-methyl/N-ethyl adjacent to an activating group) is 1. The molecule has 47 heavy (non-hydrogen) atoms. The van der Waals surface area contributed by atoms with Gasteiger partial charge < -0.3 is 25.4 Å². The number of carbonyl (C=O) groups is 5. The summed E-state index contributed by atoms with van der Waals surface area (Å²) in [6.07, 6.45) is 1.41. The van der Waals surface area contributed by atoms with Gasteiger partial charge in [0.1, 0.15) is 30.0 Å². The van der Waals surface area contributed by atoms with Crippen LogP contribution in [0.25, 0.3) is 0 Å². The number of ketones is 1. The van der Waals surface area contributed by atoms with Gasteiger partial charge in [-0.2, -0.15) is 0 Å². The minimum atomic E-state index is -0.947. The first-order chi connectivity index (χ1) is 21.8. The average Bonchev–Trinajstić information content (AvgIpc) is 3.48. The molecule has 2 aliphatic rings. The molecule has 3 N–H and O–H groups in total. The van der Waals surface area contributed by atoms with E-state index in [-0.39, 0.29) is 36.0 Å². The maximum Gasteiger partial charge on any atom is 0.328 e. The van der Waals surface area contributed by atoms with Crippen LogP contribution < -0.4 is 10.6 Å². The molecule has 2 heterocycles. The molecule has 0 radical (unpaired) electrons. The topological polar surface area (TPSA) is 154 Å². The van der Waals surface area contributed by atoms with Crippen LogP contribution in [0.4, 0.5) is 0 Å². The Kier molecular flexibility index (Phi) is 15.4. The van der Waals surface area contributed by atoms with Crippen molar-refractivity contribution in [2.24, 2.45) is 34.1 Å². The Labute approximate surface area is 286 Å². The number of thioether (sulfide) groups is 1. The number of nitrogens with one attached hydrogen (secondary N) is 2. The maximum atomic E-state index is 13.7. The summed E-state index contributed by atoms with van der Waals surface area (Å²) in [6, 6.07) is -2.83. The summed E-state index contributed by atoms with van der Waals surface area (Å²) in [5, 5.41) is 17.5. The van der Waals surface area contributed by atoms with Crippen molar-refractivity contribution in [3.05, 3.63) is 0 Å². The smallest absolute Gasteiger partial charge is 0.328 e. The van der Waals surface area contributed by atoms with Crippen LogP contribution in [0.1, 0.15) is 108 Å². The van der Waals surface area contributed by atoms with Gasteiger partial charge in [-0.15, -0.1) is 11.8 Å². The molecular formula is C35H60N4O7S. The number of aliphatic hydroxyl groups excluding tert-OH is 1. The van der Waals surface area contributed by atoms with E-state index in [2.05, 4.69) is 10.6 Å². The number of carbonyl (C=O) groups excluding carboxylic acids is 5. The van der Waals surface area contributed by atoms with Gasteiger partial charge in [0.15, 0.2) is 0 Å². The molecule has 2 bridgehead atoms. The molecule has 0 saturated heterocycles. The number of aliphatic imine (C=N–C) groups is 1. The molecule has 0 unspecified atom stereocenters. The first-order valence-corrected chi connectivity index (χ1v) is 18.2. The lowest BCUT2D eigenvalue weighted by Crippen LogP contribution is -2.57. The molecule has 0 saturated carbocycles. The van der Waals surface area contributed by atoms with Crippen molar-refractivity contribution >= 4 is 46.3 Å². The molecular weight excluding hydrogens is 620 g/mol. The number of Topliss-reactive ketones (excluding diaryl/α,β-unsaturated/α-hetero) is 1. The first kappa shape index (κ1) is 40.7. The zero-order valence-corrected chi connectivity index (χ0v) is 31.2. The molecule has 0 aromatic rings. The number of hydrogen-bond donors (Lipinski definition) is 3. The number of fused-ring (bicyclic) bond motifs is 1. The zero-order valence-electron chi connectivity index (χ0n) is 30.4. The fourth-order valence-corrected chi connectivity index (χ4v) is 6.96. The molecule has 11 nitrogen and oxygen atoms in total. The summed E-state index contributed by atoms with van der Waals surface area (Å²) in [5.41, 5.74) is -0.395. The Morgan fingerprint density at radius 1 is 1.02 bits per heavy atom. The van der Waals surface area contributed by atoms with E-state index in [9.17, 15) is 29.1 Å². The van der Waals surface area contributed by atoms with Gasteiger partial charge in [0.25, 0.3) is 0 Å². The predicted octanol–water partition coefficient (Wildman–Crippen LogP) is 4.14. The number of cyclic esters (lactones) is 1. The zero-order chi connectivity index (χ0) is 35.8. The van der Waals surface area contributed by atoms with Crippen LogP contribution in [0.3, 0.4) is 0 Å². The van der Waals surface area contributed by atoms with Gasteiger partial charge in [0, 0.05) is 37.5 Å². The molecule has 268 valence electrons. The summed E-state index contributed by atoms with van der Waals surface area (Å²) in [7, 11) is 1.52. The van der Waals surface area contributed by atoms with Crippen molar-refractivity contribution in [2.75, 3.05) is 12.8 Å². The second-order valence-corrected chi connectivity index (χ2v) is 16.1. The standard InChI is InChI=1S/C35H60N4O7S/c1-12-20(3)29-33(44)39(11)24(7)34(45)46-28(35(8,9)10)16-19(2)15-27(41)22(5)32-37-25(18-47-32)13-14-26(40)17-21(4)30(42)36-23(6)31(43)38-29/h19-25,27-29,41H,12-18H2,1-11H3,(H,36,42)(H,38,43)/t19-,20-,21+,22-,23-,24-,25+,27-,28-,29-/m0/s1. The molecule has 2 rings (SSSR count). The monoisotopic (exact) mass is 680 g/mol. The summed E-state index contributed by atoms with van der Waals surface area (Å²) < 4.78 is 6.06. The number of aliphatic hydroxyl groups is 1. The van der Waals surface area contributed by atoms with E-state index in [0.29, 0.717) is 32.1 Å². The molecule has 0 spiro atoms. The summed E-state index contributed by atoms with van der Waals surface area (Å²) in [5.74, 6) is -2.28. The average molecular weight is 681 g/mol. The van der Waals surface area contributed by atoms with Gasteiger partial charge in [0.05, 0.1) is 17.2 Å². The number of esters is 1. The third-order valence-electron chi connectivity index (χ3n) is 9.72. The molecule has 3 amide bonds. The Hall–Kier alpha value is -2.47. The molecule has 2 aliphatic heterocycles. The van der Waals surface area contributed by atoms with Gasteiger partial charge in [-0.25, -0.2) is 4.79 Å². The molecule has 10 atom stereocenters. The predicted molar refractivity (Wildman–Crippen MR) is 186 cm³/mol. The summed E-state index contributed by atoms with van der Waals surface area (Å²) in [6.45, 7) is 18.5. The third kappa shape index (κ3) is 11.9. The van der Waals surface area contributed by atoms with Crippen molar-refractivity contribution in [3.63, 3.8) is 0 Å². The van der Waals surface area contributed by atoms with Gasteiger partial charge >= 0.3 is 5.97 Å². The van der Waals surface area contributed by atoms with Crippen LogP contribution in [0.2, 0.25) is 0 Å². The molecule has 0 aliphatic carbocycles. The van der Waals surface area contributed by atoms with E-state index >= 15 is 0 Å². The molecule has 12 heteroatoms. The van der Waals surface area contributed by atoms with E-state index in [1.165, 1.54) is 18.9 Å². The van der Waals surface area contributed by atoms with E-state index in [1.54, 1.807) is 25.6 Å². The van der Waals surface area contributed by atoms with Gasteiger partial charge in [-0.1, -0.05) is 61.8 Å². The Bertz CT molecular complexity index is 1160. The fourth-order valence-electron chi connectivity index (χ4n) is 5.71. The Balaban J connectivity index is 2.37. The van der Waals surface area contributed by atoms with Crippen LogP contribution in [0.15, 0.2) is 4.99 Å². The van der Waals surface area contributed by atoms with Crippen LogP contribution in [-0.2, 0) is 28.7 Å². The van der Waals surface area contributed by atoms with E-state index in [0.717, 1.165) is 10.8 Å². The minimum absolute atomic E-state index is 0.0272. The number of hydrogen-bond acceptors (Lipinski definition) is 9. The molecule has 0 aromatic heterocycles. The number of amides is 3. The maximum absolute atomic E-state index is 13.7. The van der Waals surface area contributed by atoms with Gasteiger partial charge in [0.2, 0.25) is 17.7 Å². The van der Waals surface area contributed by atoms with E-state index in [1.807, 2.05) is 48.5 Å². The fraction of sp³-hybridized carbons (Fsp3) is 0.829. The third-order valence-corrected chi connectivity index (χ3v) is 11.0. The lowest BCUT2D eigenvalue weighted by atomic mass is 9.81. The second kappa shape index (κ2) is 17.8. The lowest BCUT2D eigenvalue weighted by Gasteiger charge is -2.36. The van der Waals surface area contributed by atoms with Crippen LogP contribution >= 0.6 is 11.8 Å². The van der Waals surface area contributed by atoms with E-state index in [4.69, 9.17) is 9.73 Å².